The molecule has 0 heterocycles. The van der Waals surface area contributed by atoms with Gasteiger partial charge in [-0.1, -0.05) is 30.3 Å². The van der Waals surface area contributed by atoms with Crippen LogP contribution in [0.15, 0.2) is 30.3 Å². The number of hydrogen-bond donors (Lipinski definition) is 2. The Morgan fingerprint density at radius 1 is 1.36 bits per heavy atom. The lowest BCUT2D eigenvalue weighted by molar-refractivity contribution is 0.0974. The van der Waals surface area contributed by atoms with E-state index in [0.717, 1.165) is 16.1 Å². The molecule has 2 N–H and O–H groups in total. The van der Waals surface area contributed by atoms with Crippen LogP contribution in [-0.4, -0.2) is 55.9 Å². The van der Waals surface area contributed by atoms with Gasteiger partial charge < -0.3 is 15.2 Å². The van der Waals surface area contributed by atoms with Crippen LogP contribution in [0, 0.1) is 0 Å². The highest BCUT2D eigenvalue weighted by Gasteiger charge is 2.22. The third-order valence-electron chi connectivity index (χ3n) is 3.15. The van der Waals surface area contributed by atoms with Crippen molar-refractivity contribution in [2.75, 3.05) is 19.8 Å². The van der Waals surface area contributed by atoms with Gasteiger partial charge in [-0.2, -0.15) is 0 Å². The first kappa shape index (κ1) is 18.4. The van der Waals surface area contributed by atoms with Crippen molar-refractivity contribution in [2.24, 2.45) is 0 Å². The molecule has 0 aliphatic heterocycles. The molecule has 0 radical (unpaired) electrons. The molecule has 0 aromatic heterocycles. The molecule has 8 heteroatoms. The van der Waals surface area contributed by atoms with Gasteiger partial charge in [0.15, 0.2) is 0 Å². The first-order valence-electron chi connectivity index (χ1n) is 6.76. The zero-order chi connectivity index (χ0) is 16.8. The maximum atomic E-state index is 11.6. The SMILES string of the molecule is CC(NC(=O)OCc1ccccc1)C(O)CN(C)S(C)(=O)=O. The number of benzene rings is 1. The average Bonchev–Trinajstić information content (AvgIpc) is 2.45. The second-order valence-electron chi connectivity index (χ2n) is 5.11. The van der Waals surface area contributed by atoms with Crippen molar-refractivity contribution in [2.45, 2.75) is 25.7 Å². The Hall–Kier alpha value is -1.64. The van der Waals surface area contributed by atoms with Crippen LogP contribution >= 0.6 is 0 Å². The summed E-state index contributed by atoms with van der Waals surface area (Å²) in [6.45, 7) is 1.59. The molecule has 0 fully saturated rings. The number of nitrogens with one attached hydrogen (secondary N) is 1. The molecular weight excluding hydrogens is 308 g/mol. The van der Waals surface area contributed by atoms with E-state index in [2.05, 4.69) is 5.32 Å². The molecular formula is C14H22N2O5S. The standard InChI is InChI=1S/C14H22N2O5S/c1-11(13(17)9-16(2)22(3,19)20)15-14(18)21-10-12-7-5-4-6-8-12/h4-8,11,13,17H,9-10H2,1-3H3,(H,15,18). The number of alkyl carbamates (subject to hydrolysis) is 1. The highest BCUT2D eigenvalue weighted by atomic mass is 32.2. The Morgan fingerprint density at radius 2 is 1.95 bits per heavy atom. The number of amides is 1. The van der Waals surface area contributed by atoms with Crippen molar-refractivity contribution in [3.63, 3.8) is 0 Å². The van der Waals surface area contributed by atoms with Crippen LogP contribution in [0.3, 0.4) is 0 Å². The average molecular weight is 330 g/mol. The van der Waals surface area contributed by atoms with Gasteiger partial charge in [0, 0.05) is 13.6 Å². The van der Waals surface area contributed by atoms with Crippen molar-refractivity contribution >= 4 is 16.1 Å². The fourth-order valence-electron chi connectivity index (χ4n) is 1.60. The number of likely N-dealkylation sites (N-methyl/N-ethyl adjacent to an activating group) is 1. The van der Waals surface area contributed by atoms with Crippen LogP contribution < -0.4 is 5.32 Å². The Kier molecular flexibility index (Phi) is 6.79. The van der Waals surface area contributed by atoms with Gasteiger partial charge in [-0.15, -0.1) is 0 Å². The van der Waals surface area contributed by atoms with E-state index in [1.807, 2.05) is 30.3 Å². The van der Waals surface area contributed by atoms with Gasteiger partial charge in [0.05, 0.1) is 18.4 Å². The maximum absolute atomic E-state index is 11.6. The Labute approximate surface area is 130 Å². The van der Waals surface area contributed by atoms with Crippen molar-refractivity contribution in [1.82, 2.24) is 9.62 Å². The first-order valence-corrected chi connectivity index (χ1v) is 8.61. The summed E-state index contributed by atoms with van der Waals surface area (Å²) in [5.41, 5.74) is 0.850. The molecule has 2 unspecified atom stereocenters. The number of rotatable bonds is 7. The maximum Gasteiger partial charge on any atom is 0.407 e. The number of nitrogens with zero attached hydrogens (tertiary/aromatic N) is 1. The second kappa shape index (κ2) is 8.11. The molecule has 7 nitrogen and oxygen atoms in total. The number of carbonyl (C=O) groups is 1. The fraction of sp³-hybridized carbons (Fsp3) is 0.500. The number of sulfonamides is 1. The van der Waals surface area contributed by atoms with Crippen LogP contribution in [0.5, 0.6) is 0 Å². The third kappa shape index (κ3) is 6.42. The zero-order valence-electron chi connectivity index (χ0n) is 12.9. The first-order chi connectivity index (χ1) is 10.2. The van der Waals surface area contributed by atoms with E-state index in [-0.39, 0.29) is 13.2 Å². The van der Waals surface area contributed by atoms with E-state index in [1.165, 1.54) is 7.05 Å². The van der Waals surface area contributed by atoms with Crippen LogP contribution in [0.4, 0.5) is 4.79 Å². The molecule has 0 aliphatic carbocycles. The van der Waals surface area contributed by atoms with Crippen molar-refractivity contribution in [1.29, 1.82) is 0 Å². The van der Waals surface area contributed by atoms with Gasteiger partial charge >= 0.3 is 6.09 Å². The van der Waals surface area contributed by atoms with Crippen molar-refractivity contribution < 1.29 is 23.1 Å². The Bertz CT molecular complexity index is 576. The van der Waals surface area contributed by atoms with Crippen LogP contribution in [0.25, 0.3) is 0 Å². The Morgan fingerprint density at radius 3 is 2.50 bits per heavy atom. The minimum Gasteiger partial charge on any atom is -0.445 e. The lowest BCUT2D eigenvalue weighted by Crippen LogP contribution is -2.47. The van der Waals surface area contributed by atoms with Gasteiger partial charge in [-0.3, -0.25) is 0 Å². The largest absolute Gasteiger partial charge is 0.445 e. The molecule has 1 amide bonds. The van der Waals surface area contributed by atoms with Gasteiger partial charge in [0.25, 0.3) is 0 Å². The van der Waals surface area contributed by atoms with Crippen LogP contribution in [0.1, 0.15) is 12.5 Å². The molecule has 22 heavy (non-hydrogen) atoms. The number of hydrogen-bond acceptors (Lipinski definition) is 5. The number of carbonyl (C=O) groups excluding carboxylic acids is 1. The summed E-state index contributed by atoms with van der Waals surface area (Å²) >= 11 is 0. The number of aliphatic hydroxyl groups excluding tert-OH is 1. The van der Waals surface area contributed by atoms with E-state index in [0.29, 0.717) is 0 Å². The van der Waals surface area contributed by atoms with Gasteiger partial charge in [-0.25, -0.2) is 17.5 Å². The third-order valence-corrected chi connectivity index (χ3v) is 4.43. The summed E-state index contributed by atoms with van der Waals surface area (Å²) in [5, 5.41) is 12.4. The lowest BCUT2D eigenvalue weighted by Gasteiger charge is -2.23. The molecule has 1 aromatic carbocycles. The minimum absolute atomic E-state index is 0.112. The topological polar surface area (TPSA) is 95.9 Å². The van der Waals surface area contributed by atoms with Crippen LogP contribution in [0.2, 0.25) is 0 Å². The summed E-state index contributed by atoms with van der Waals surface area (Å²) in [4.78, 5) is 11.6. The summed E-state index contributed by atoms with van der Waals surface area (Å²) in [5.74, 6) is 0. The van der Waals surface area contributed by atoms with Crippen molar-refractivity contribution in [3.8, 4) is 0 Å². The highest BCUT2D eigenvalue weighted by molar-refractivity contribution is 7.88. The summed E-state index contributed by atoms with van der Waals surface area (Å²) in [6, 6.07) is 8.54. The molecule has 0 saturated heterocycles. The van der Waals surface area contributed by atoms with E-state index in [1.54, 1.807) is 6.92 Å². The smallest absolute Gasteiger partial charge is 0.407 e. The molecule has 0 saturated carbocycles. The molecule has 1 aromatic rings. The summed E-state index contributed by atoms with van der Waals surface area (Å²) < 4.78 is 28.6. The predicted octanol–water partition coefficient (Wildman–Crippen LogP) is 0.554. The Balaban J connectivity index is 2.40. The van der Waals surface area contributed by atoms with E-state index in [9.17, 15) is 18.3 Å². The molecule has 0 aliphatic rings. The molecule has 2 atom stereocenters. The number of aliphatic hydroxyl groups is 1. The van der Waals surface area contributed by atoms with Crippen LogP contribution in [-0.2, 0) is 21.4 Å². The fourth-order valence-corrected chi connectivity index (χ4v) is 2.03. The van der Waals surface area contributed by atoms with Crippen molar-refractivity contribution in [3.05, 3.63) is 35.9 Å². The highest BCUT2D eigenvalue weighted by Crippen LogP contribution is 2.03. The van der Waals surface area contributed by atoms with Gasteiger partial charge in [-0.05, 0) is 12.5 Å². The molecule has 0 spiro atoms. The second-order valence-corrected chi connectivity index (χ2v) is 7.19. The monoisotopic (exact) mass is 330 g/mol. The van der Waals surface area contributed by atoms with Gasteiger partial charge in [0.1, 0.15) is 6.61 Å². The molecule has 0 bridgehead atoms. The predicted molar refractivity (Wildman–Crippen MR) is 82.7 cm³/mol. The van der Waals surface area contributed by atoms with Gasteiger partial charge in [0.2, 0.25) is 10.0 Å². The van der Waals surface area contributed by atoms with E-state index < -0.39 is 28.3 Å². The zero-order valence-corrected chi connectivity index (χ0v) is 13.7. The molecule has 1 rings (SSSR count). The summed E-state index contributed by atoms with van der Waals surface area (Å²) in [6.07, 6.45) is -0.659. The quantitative estimate of drug-likeness (QED) is 0.761. The van der Waals surface area contributed by atoms with E-state index >= 15 is 0 Å². The summed E-state index contributed by atoms with van der Waals surface area (Å²) in [7, 11) is -2.02. The van der Waals surface area contributed by atoms with E-state index in [4.69, 9.17) is 4.74 Å². The lowest BCUT2D eigenvalue weighted by atomic mass is 10.2. The minimum atomic E-state index is -3.38. The number of ether oxygens (including phenoxy) is 1. The molecule has 124 valence electrons. The normalized spacial score (nSPS) is 14.4.